The largest absolute Gasteiger partial charge is 0.198 e. The van der Waals surface area contributed by atoms with E-state index in [1.54, 1.807) is 0 Å². The molecule has 0 amide bonds. The van der Waals surface area contributed by atoms with Gasteiger partial charge in [0.25, 0.3) is 0 Å². The molecule has 0 radical (unpaired) electrons. The maximum absolute atomic E-state index is 9.01. The molecule has 17 heavy (non-hydrogen) atoms. The van der Waals surface area contributed by atoms with Crippen LogP contribution in [0.4, 0.5) is 0 Å². The van der Waals surface area contributed by atoms with Gasteiger partial charge in [-0.2, -0.15) is 10.5 Å². The lowest BCUT2D eigenvalue weighted by atomic mass is 9.46. The van der Waals surface area contributed by atoms with Crippen molar-refractivity contribution in [1.82, 2.24) is 0 Å². The molecule has 0 aromatic carbocycles. The first kappa shape index (κ1) is 11.1. The topological polar surface area (TPSA) is 47.6 Å². The van der Waals surface area contributed by atoms with Crippen molar-refractivity contribution in [3.8, 4) is 12.1 Å². The molecule has 0 unspecified atom stereocenters. The van der Waals surface area contributed by atoms with Crippen LogP contribution in [0.2, 0.25) is 0 Å². The normalized spacial score (nSPS) is 42.4. The zero-order valence-corrected chi connectivity index (χ0v) is 10.4. The van der Waals surface area contributed by atoms with Crippen LogP contribution in [0.25, 0.3) is 0 Å². The third-order valence-corrected chi connectivity index (χ3v) is 5.63. The molecule has 0 heterocycles. The van der Waals surface area contributed by atoms with E-state index in [4.69, 9.17) is 10.5 Å². The van der Waals surface area contributed by atoms with Crippen LogP contribution < -0.4 is 0 Å². The van der Waals surface area contributed by atoms with Crippen LogP contribution in [0.15, 0.2) is 0 Å². The monoisotopic (exact) mass is 228 g/mol. The smallest absolute Gasteiger partial charge is 0.0625 e. The quantitative estimate of drug-likeness (QED) is 0.740. The van der Waals surface area contributed by atoms with E-state index in [0.29, 0.717) is 24.2 Å². The third-order valence-electron chi connectivity index (χ3n) is 5.63. The van der Waals surface area contributed by atoms with E-state index in [2.05, 4.69) is 12.1 Å². The Bertz CT molecular complexity index is 333. The van der Waals surface area contributed by atoms with Gasteiger partial charge in [-0.1, -0.05) is 0 Å². The van der Waals surface area contributed by atoms with Crippen LogP contribution in [0.5, 0.6) is 0 Å². The minimum Gasteiger partial charge on any atom is -0.198 e. The van der Waals surface area contributed by atoms with Gasteiger partial charge in [-0.15, -0.1) is 0 Å². The molecule has 4 saturated carbocycles. The van der Waals surface area contributed by atoms with Gasteiger partial charge in [-0.25, -0.2) is 0 Å². The Morgan fingerprint density at radius 2 is 1.29 bits per heavy atom. The van der Waals surface area contributed by atoms with Gasteiger partial charge >= 0.3 is 0 Å². The highest BCUT2D eigenvalue weighted by molar-refractivity contribution is 5.06. The van der Waals surface area contributed by atoms with Crippen LogP contribution in [-0.4, -0.2) is 0 Å². The highest BCUT2D eigenvalue weighted by Crippen LogP contribution is 2.63. The lowest BCUT2D eigenvalue weighted by Gasteiger charge is -2.59. The molecule has 4 aliphatic rings. The van der Waals surface area contributed by atoms with Crippen molar-refractivity contribution < 1.29 is 0 Å². The van der Waals surface area contributed by atoms with E-state index < -0.39 is 0 Å². The fourth-order valence-corrected chi connectivity index (χ4v) is 5.40. The van der Waals surface area contributed by atoms with E-state index >= 15 is 0 Å². The number of hydrogen-bond acceptors (Lipinski definition) is 2. The van der Waals surface area contributed by atoms with Crippen LogP contribution in [-0.2, 0) is 0 Å². The van der Waals surface area contributed by atoms with Crippen molar-refractivity contribution in [3.05, 3.63) is 0 Å². The lowest BCUT2D eigenvalue weighted by Crippen LogP contribution is -2.49. The van der Waals surface area contributed by atoms with Gasteiger partial charge in [-0.3, -0.25) is 0 Å². The summed E-state index contributed by atoms with van der Waals surface area (Å²) in [6, 6.07) is 4.65. The van der Waals surface area contributed by atoms with Gasteiger partial charge in [0, 0.05) is 12.8 Å². The molecule has 0 aromatic rings. The van der Waals surface area contributed by atoms with E-state index in [9.17, 15) is 0 Å². The predicted octanol–water partition coefficient (Wildman–Crippen LogP) is 3.65. The zero-order valence-electron chi connectivity index (χ0n) is 10.4. The van der Waals surface area contributed by atoms with E-state index in [-0.39, 0.29) is 0 Å². The van der Waals surface area contributed by atoms with Crippen molar-refractivity contribution in [3.63, 3.8) is 0 Å². The molecule has 2 heteroatoms. The van der Waals surface area contributed by atoms with Crippen molar-refractivity contribution in [2.45, 2.75) is 51.4 Å². The SMILES string of the molecule is N#CCC(CC#N)C12CC3CC(CC(C3)C1)C2. The summed E-state index contributed by atoms with van der Waals surface area (Å²) in [6.45, 7) is 0. The summed E-state index contributed by atoms with van der Waals surface area (Å²) >= 11 is 0. The lowest BCUT2D eigenvalue weighted by molar-refractivity contribution is -0.0852. The van der Waals surface area contributed by atoms with Crippen molar-refractivity contribution >= 4 is 0 Å². The Kier molecular flexibility index (Phi) is 2.62. The summed E-state index contributed by atoms with van der Waals surface area (Å²) < 4.78 is 0. The Hall–Kier alpha value is -1.02. The fraction of sp³-hybridized carbons (Fsp3) is 0.867. The molecule has 4 bridgehead atoms. The number of rotatable bonds is 3. The van der Waals surface area contributed by atoms with Gasteiger partial charge < -0.3 is 0 Å². The average Bonchev–Trinajstić information content (AvgIpc) is 2.27. The second-order valence-corrected chi connectivity index (χ2v) is 6.70. The van der Waals surface area contributed by atoms with Crippen LogP contribution in [0.3, 0.4) is 0 Å². The number of hydrogen-bond donors (Lipinski definition) is 0. The van der Waals surface area contributed by atoms with E-state index in [1.807, 2.05) is 0 Å². The summed E-state index contributed by atoms with van der Waals surface area (Å²) in [6.07, 6.45) is 9.44. The molecule has 0 spiro atoms. The maximum atomic E-state index is 9.01. The first-order valence-electron chi connectivity index (χ1n) is 6.99. The van der Waals surface area contributed by atoms with Gasteiger partial charge in [0.1, 0.15) is 0 Å². The van der Waals surface area contributed by atoms with Crippen LogP contribution >= 0.6 is 0 Å². The molecule has 0 saturated heterocycles. The minimum absolute atomic E-state index is 0.353. The van der Waals surface area contributed by atoms with Crippen molar-refractivity contribution in [2.75, 3.05) is 0 Å². The molecule has 2 nitrogen and oxygen atoms in total. The van der Waals surface area contributed by atoms with Gasteiger partial charge in [-0.05, 0) is 67.6 Å². The Labute approximate surface area is 104 Å². The molecule has 0 aromatic heterocycles. The second kappa shape index (κ2) is 4.02. The first-order chi connectivity index (χ1) is 8.25. The summed E-state index contributed by atoms with van der Waals surface area (Å²) in [5.74, 6) is 3.11. The van der Waals surface area contributed by atoms with E-state index in [1.165, 1.54) is 38.5 Å². The predicted molar refractivity (Wildman–Crippen MR) is 64.6 cm³/mol. The highest BCUT2D eigenvalue weighted by Gasteiger charge is 2.53. The van der Waals surface area contributed by atoms with Gasteiger partial charge in [0.15, 0.2) is 0 Å². The summed E-state index contributed by atoms with van der Waals surface area (Å²) in [4.78, 5) is 0. The molecule has 4 fully saturated rings. The second-order valence-electron chi connectivity index (χ2n) is 6.70. The van der Waals surface area contributed by atoms with Crippen LogP contribution in [0, 0.1) is 51.7 Å². The maximum Gasteiger partial charge on any atom is 0.0625 e. The average molecular weight is 228 g/mol. The Morgan fingerprint density at radius 1 is 0.882 bits per heavy atom. The molecule has 0 N–H and O–H groups in total. The van der Waals surface area contributed by atoms with Crippen molar-refractivity contribution in [2.24, 2.45) is 29.1 Å². The molecule has 0 aliphatic heterocycles. The number of nitrogens with zero attached hydrogens (tertiary/aromatic N) is 2. The Balaban J connectivity index is 1.85. The van der Waals surface area contributed by atoms with Gasteiger partial charge in [0.05, 0.1) is 12.1 Å². The van der Waals surface area contributed by atoms with Crippen LogP contribution in [0.1, 0.15) is 51.4 Å². The standard InChI is InChI=1S/C15H20N2/c16-3-1-14(2-4-17)15-8-11-5-12(9-15)7-13(6-11)10-15/h11-14H,1-2,5-10H2. The third kappa shape index (κ3) is 1.75. The Morgan fingerprint density at radius 3 is 1.65 bits per heavy atom. The van der Waals surface area contributed by atoms with E-state index in [0.717, 1.165) is 17.8 Å². The summed E-state index contributed by atoms with van der Waals surface area (Å²) in [7, 11) is 0. The highest BCUT2D eigenvalue weighted by atomic mass is 14.6. The molecule has 90 valence electrons. The van der Waals surface area contributed by atoms with Gasteiger partial charge in [0.2, 0.25) is 0 Å². The minimum atomic E-state index is 0.353. The molecular formula is C15H20N2. The molecular weight excluding hydrogens is 208 g/mol. The zero-order chi connectivity index (χ0) is 11.9. The van der Waals surface area contributed by atoms with Crippen molar-refractivity contribution in [1.29, 1.82) is 10.5 Å². The summed E-state index contributed by atoms with van der Waals surface area (Å²) in [5.41, 5.74) is 0.375. The molecule has 4 aliphatic carbocycles. The number of nitriles is 2. The molecule has 4 rings (SSSR count). The first-order valence-corrected chi connectivity index (χ1v) is 6.99. The summed E-state index contributed by atoms with van der Waals surface area (Å²) in [5, 5.41) is 18.0. The fourth-order valence-electron chi connectivity index (χ4n) is 5.40. The molecule has 0 atom stereocenters.